The molecule has 15 rings (SSSR count). The van der Waals surface area contributed by atoms with Gasteiger partial charge in [-0.15, -0.1) is 0 Å². The average Bonchev–Trinajstić information content (AvgIpc) is 0.854. The van der Waals surface area contributed by atoms with Crippen molar-refractivity contribution in [3.63, 3.8) is 0 Å². The van der Waals surface area contributed by atoms with Gasteiger partial charge in [0, 0.05) is 71.7 Å². The van der Waals surface area contributed by atoms with Crippen LogP contribution in [0.4, 0.5) is 34.1 Å². The Morgan fingerprint density at radius 3 is 1.68 bits per heavy atom. The predicted octanol–water partition coefficient (Wildman–Crippen LogP) is 19.1. The third-order valence-corrected chi connectivity index (χ3v) is 19.2. The maximum atomic E-state index is 6.64. The van der Waals surface area contributed by atoms with Gasteiger partial charge in [-0.3, -0.25) is 0 Å². The lowest BCUT2D eigenvalue weighted by molar-refractivity contribution is 0.573. The maximum absolute atomic E-state index is 6.64. The molecule has 0 saturated heterocycles. The van der Waals surface area contributed by atoms with Crippen molar-refractivity contribution in [1.29, 1.82) is 0 Å². The fraction of sp³-hybridized carbons (Fsp3) is 0.195. The summed E-state index contributed by atoms with van der Waals surface area (Å²) >= 11 is 0. The summed E-state index contributed by atoms with van der Waals surface area (Å²) in [5, 5.41) is 6.60. The van der Waals surface area contributed by atoms with Gasteiger partial charge in [-0.25, -0.2) is 0 Å². The molecule has 2 aliphatic heterocycles. The van der Waals surface area contributed by atoms with Crippen LogP contribution in [0.25, 0.3) is 83.7 Å². The second-order valence-corrected chi connectivity index (χ2v) is 28.1. The number of allylic oxidation sites excluding steroid dienone is 1. The van der Waals surface area contributed by atoms with E-state index in [-0.39, 0.29) is 23.0 Å². The van der Waals surface area contributed by atoms with E-state index in [4.69, 9.17) is 8.83 Å². The van der Waals surface area contributed by atoms with Crippen molar-refractivity contribution < 1.29 is 8.83 Å². The molecule has 3 aromatic heterocycles. The van der Waals surface area contributed by atoms with Crippen molar-refractivity contribution in [3.05, 3.63) is 250 Å². The number of benzene rings is 10. The molecule has 0 unspecified atom stereocenters. The lowest BCUT2D eigenvalue weighted by atomic mass is 9.33. The Balaban J connectivity index is 1.05. The van der Waals surface area contributed by atoms with Gasteiger partial charge in [0.2, 0.25) is 0 Å². The molecule has 0 aliphatic carbocycles. The molecule has 0 N–H and O–H groups in total. The maximum Gasteiger partial charge on any atom is 0.252 e. The third kappa shape index (κ3) is 8.35. The van der Waals surface area contributed by atoms with E-state index in [0.717, 1.165) is 88.3 Å². The summed E-state index contributed by atoms with van der Waals surface area (Å²) in [5.41, 5.74) is 30.1. The summed E-state index contributed by atoms with van der Waals surface area (Å²) in [6.45, 7) is 39.0. The molecule has 2 aliphatic rings. The molecule has 0 saturated carbocycles. The van der Waals surface area contributed by atoms with Crippen molar-refractivity contribution >= 4 is 124 Å². The Hall–Kier alpha value is -9.52. The molecule has 13 aromatic rings. The monoisotopic (exact) mass is 1140 g/mol. The van der Waals surface area contributed by atoms with Gasteiger partial charge in [0.1, 0.15) is 22.2 Å². The molecule has 0 fully saturated rings. The van der Waals surface area contributed by atoms with Gasteiger partial charge in [0.25, 0.3) is 6.71 Å². The van der Waals surface area contributed by atoms with Crippen LogP contribution in [0.5, 0.6) is 0 Å². The molecule has 0 bridgehead atoms. The van der Waals surface area contributed by atoms with Gasteiger partial charge in [0.15, 0.2) is 0 Å². The normalized spacial score (nSPS) is 13.7. The Labute approximate surface area is 517 Å². The van der Waals surface area contributed by atoms with E-state index in [9.17, 15) is 0 Å². The van der Waals surface area contributed by atoms with Crippen molar-refractivity contribution in [2.75, 3.05) is 9.80 Å². The van der Waals surface area contributed by atoms with Gasteiger partial charge >= 0.3 is 0 Å². The van der Waals surface area contributed by atoms with E-state index in [2.05, 4.69) is 275 Å². The number of anilines is 6. The number of hydrogen-bond donors (Lipinski definition) is 0. The van der Waals surface area contributed by atoms with Crippen molar-refractivity contribution in [2.45, 2.75) is 106 Å². The number of rotatable bonds is 6. The molecular weight excluding hydrogens is 1070 g/mol. The molecule has 0 radical (unpaired) electrons. The quantitative estimate of drug-likeness (QED) is 0.156. The molecule has 0 atom stereocenters. The van der Waals surface area contributed by atoms with Crippen LogP contribution in [0, 0.1) is 27.7 Å². The van der Waals surface area contributed by atoms with Gasteiger partial charge in [0.05, 0.1) is 22.4 Å². The van der Waals surface area contributed by atoms with E-state index >= 15 is 0 Å². The molecule has 5 nitrogen and oxygen atoms in total. The van der Waals surface area contributed by atoms with E-state index in [1.807, 2.05) is 30.3 Å². The minimum atomic E-state index is -0.231. The largest absolute Gasteiger partial charge is 0.455 e. The second-order valence-electron chi connectivity index (χ2n) is 28.1. The van der Waals surface area contributed by atoms with Crippen LogP contribution in [0.1, 0.15) is 107 Å². The molecule has 0 spiro atoms. The van der Waals surface area contributed by atoms with E-state index in [0.29, 0.717) is 0 Å². The van der Waals surface area contributed by atoms with Crippen LogP contribution in [0.2, 0.25) is 0 Å². The van der Waals surface area contributed by atoms with Gasteiger partial charge in [-0.2, -0.15) is 0 Å². The van der Waals surface area contributed by atoms with Gasteiger partial charge < -0.3 is 23.2 Å². The van der Waals surface area contributed by atoms with Crippen molar-refractivity contribution in [3.8, 4) is 16.8 Å². The zero-order valence-corrected chi connectivity index (χ0v) is 53.0. The summed E-state index contributed by atoms with van der Waals surface area (Å²) in [5.74, 6) is 0. The fourth-order valence-electron chi connectivity index (χ4n) is 14.7. The van der Waals surface area contributed by atoms with Crippen molar-refractivity contribution in [2.24, 2.45) is 0 Å². The molecular formula is C82H74BN3O2. The second kappa shape index (κ2) is 19.5. The van der Waals surface area contributed by atoms with Crippen LogP contribution in [-0.2, 0) is 16.2 Å². The molecule has 6 heteroatoms. The predicted molar refractivity (Wildman–Crippen MR) is 376 cm³/mol. The van der Waals surface area contributed by atoms with Crippen LogP contribution in [-0.4, -0.2) is 11.3 Å². The first-order valence-electron chi connectivity index (χ1n) is 31.1. The lowest BCUT2D eigenvalue weighted by Gasteiger charge is -2.46. The smallest absolute Gasteiger partial charge is 0.252 e. The van der Waals surface area contributed by atoms with E-state index in [1.54, 1.807) is 0 Å². The summed E-state index contributed by atoms with van der Waals surface area (Å²) in [7, 11) is 0. The number of furan rings is 2. The molecule has 0 amide bonds. The Morgan fingerprint density at radius 1 is 0.455 bits per heavy atom. The lowest BCUT2D eigenvalue weighted by Crippen LogP contribution is -2.61. The number of fused-ring (bicyclic) bond motifs is 11. The number of aryl methyl sites for hydroxylation is 4. The summed E-state index contributed by atoms with van der Waals surface area (Å²) < 4.78 is 15.9. The molecule has 5 heterocycles. The number of hydrogen-bond acceptors (Lipinski definition) is 4. The molecule has 10 aromatic carbocycles. The molecule has 432 valence electrons. The highest BCUT2D eigenvalue weighted by Crippen LogP contribution is 2.50. The highest BCUT2D eigenvalue weighted by molar-refractivity contribution is 7.00. The van der Waals surface area contributed by atoms with Crippen LogP contribution in [0.3, 0.4) is 0 Å². The summed E-state index contributed by atoms with van der Waals surface area (Å²) in [4.78, 5) is 5.23. The highest BCUT2D eigenvalue weighted by Gasteiger charge is 2.46. The first-order valence-corrected chi connectivity index (χ1v) is 31.1. The van der Waals surface area contributed by atoms with E-state index in [1.165, 1.54) is 94.4 Å². The average molecular weight is 1140 g/mol. The minimum Gasteiger partial charge on any atom is -0.455 e. The number of nitrogens with zero attached hydrogens (tertiary/aromatic N) is 3. The third-order valence-electron chi connectivity index (χ3n) is 19.2. The Morgan fingerprint density at radius 2 is 1.02 bits per heavy atom. The molecule has 88 heavy (non-hydrogen) atoms. The number of aromatic nitrogens is 1. The van der Waals surface area contributed by atoms with Crippen LogP contribution < -0.4 is 36.8 Å². The van der Waals surface area contributed by atoms with Gasteiger partial charge in [-0.05, 0) is 177 Å². The van der Waals surface area contributed by atoms with Crippen LogP contribution >= 0.6 is 0 Å². The van der Waals surface area contributed by atoms with E-state index < -0.39 is 0 Å². The highest BCUT2D eigenvalue weighted by atomic mass is 16.3. The topological polar surface area (TPSA) is 37.7 Å². The Bertz CT molecular complexity index is 5210. The zero-order valence-electron chi connectivity index (χ0n) is 53.0. The Kier molecular flexibility index (Phi) is 12.2. The first kappa shape index (κ1) is 55.1. The summed E-state index contributed by atoms with van der Waals surface area (Å²) in [6.07, 6.45) is 1.93. The van der Waals surface area contributed by atoms with Crippen LogP contribution in [0.15, 0.2) is 203 Å². The fourth-order valence-corrected chi connectivity index (χ4v) is 14.7. The standard InChI is InChI=1S/C82H74BN3O2/c1-16-58(78-51(6)59-25-17-19-29-73(59)87-78)53-39-49(4)77(50(5)40-53)86-70-46-68-64(61-37-33-54(80(7,8)9)41-67(61)85(68)76-47(2)23-21-24-48(76)3)45-66(70)83-65-38-34-55(81(10,11)12)42-69(65)84(71-43-56(82(13,14)15)44-72(86)75(71)83)57-35-31-52(32-36-57)60-27-22-28-63-62-26-18-20-30-74(62)88-79(60)63/h16-46H,1,6H2,2-5,7-15H3/b78-58-. The SMILES string of the molecule is C=C/C(c1cc(C)c(N2c3cc4c(cc3B3c5ccc(C(C)(C)C)cc5N(c5ccc(-c6cccc7c6oc6ccccc67)cc5)c5cc(C(C)(C)C)cc2c53)c2ccc(C(C)(C)C)cc2n4-c2c(C)cccc2C)c(C)c1)=c1/oc2ccccc2c1=C. The zero-order chi connectivity index (χ0) is 61.2. The van der Waals surface area contributed by atoms with Gasteiger partial charge in [-0.1, -0.05) is 197 Å². The summed E-state index contributed by atoms with van der Waals surface area (Å²) in [6, 6.07) is 68.4. The first-order chi connectivity index (χ1) is 42.1. The number of para-hydroxylation sites is 4. The minimum absolute atomic E-state index is 0.0642. The van der Waals surface area contributed by atoms with Crippen molar-refractivity contribution in [1.82, 2.24) is 4.57 Å².